The van der Waals surface area contributed by atoms with Crippen molar-refractivity contribution in [3.05, 3.63) is 83.7 Å². The molecular weight excluding hydrogens is 336 g/mol. The van der Waals surface area contributed by atoms with Gasteiger partial charge in [-0.25, -0.2) is 4.68 Å². The van der Waals surface area contributed by atoms with Gasteiger partial charge in [-0.15, -0.1) is 0 Å². The van der Waals surface area contributed by atoms with Gasteiger partial charge in [0.2, 0.25) is 5.91 Å². The Morgan fingerprint density at radius 2 is 1.81 bits per heavy atom. The minimum absolute atomic E-state index is 0.141. The highest BCUT2D eigenvalue weighted by atomic mass is 16.2. The van der Waals surface area contributed by atoms with Gasteiger partial charge in [-0.1, -0.05) is 42.5 Å². The molecule has 5 nitrogen and oxygen atoms in total. The second kappa shape index (κ2) is 7.76. The first-order valence-corrected chi connectivity index (χ1v) is 9.31. The molecule has 5 heteroatoms. The monoisotopic (exact) mass is 360 g/mol. The standard InChI is InChI=1S/C22H24N4O/c1-24(14-18-13-23-26(15-18)21-9-3-2-4-10-21)22(27)17-25-12-11-19-7-5-6-8-20(19)16-25/h2-10,13,15H,11-12,14,16-17H2,1H3. The lowest BCUT2D eigenvalue weighted by atomic mass is 10.00. The predicted octanol–water partition coefficient (Wildman–Crippen LogP) is 2.89. The summed E-state index contributed by atoms with van der Waals surface area (Å²) in [6.07, 6.45) is 4.82. The van der Waals surface area contributed by atoms with Gasteiger partial charge in [0.15, 0.2) is 0 Å². The third kappa shape index (κ3) is 4.09. The highest BCUT2D eigenvalue weighted by Gasteiger charge is 2.20. The second-order valence-corrected chi connectivity index (χ2v) is 7.11. The summed E-state index contributed by atoms with van der Waals surface area (Å²) in [6, 6.07) is 18.5. The summed E-state index contributed by atoms with van der Waals surface area (Å²) < 4.78 is 1.84. The van der Waals surface area contributed by atoms with Gasteiger partial charge in [0.05, 0.1) is 18.4 Å². The minimum atomic E-state index is 0.141. The van der Waals surface area contributed by atoms with Gasteiger partial charge in [0, 0.05) is 38.4 Å². The van der Waals surface area contributed by atoms with E-state index < -0.39 is 0 Å². The molecule has 0 radical (unpaired) electrons. The van der Waals surface area contributed by atoms with Crippen LogP contribution in [0.15, 0.2) is 67.0 Å². The SMILES string of the molecule is CN(Cc1cnn(-c2ccccc2)c1)C(=O)CN1CCc2ccccc2C1. The molecule has 0 fully saturated rings. The van der Waals surface area contributed by atoms with Crippen LogP contribution in [0.25, 0.3) is 5.69 Å². The van der Waals surface area contributed by atoms with Crippen LogP contribution < -0.4 is 0 Å². The number of nitrogens with zero attached hydrogens (tertiary/aromatic N) is 4. The molecule has 4 rings (SSSR count). The molecule has 2 heterocycles. The fourth-order valence-electron chi connectivity index (χ4n) is 3.53. The molecule has 0 saturated heterocycles. The molecule has 2 aromatic carbocycles. The molecule has 0 N–H and O–H groups in total. The van der Waals surface area contributed by atoms with Crippen LogP contribution in [0.5, 0.6) is 0 Å². The number of carbonyl (C=O) groups excluding carboxylic acids is 1. The summed E-state index contributed by atoms with van der Waals surface area (Å²) in [4.78, 5) is 16.7. The van der Waals surface area contributed by atoms with Crippen LogP contribution >= 0.6 is 0 Å². The summed E-state index contributed by atoms with van der Waals surface area (Å²) in [6.45, 7) is 2.80. The predicted molar refractivity (Wildman–Crippen MR) is 105 cm³/mol. The summed E-state index contributed by atoms with van der Waals surface area (Å²) in [5.74, 6) is 0.141. The molecule has 1 aliphatic heterocycles. The summed E-state index contributed by atoms with van der Waals surface area (Å²) in [5, 5.41) is 4.41. The average Bonchev–Trinajstić information content (AvgIpc) is 3.17. The normalized spacial score (nSPS) is 14.0. The van der Waals surface area contributed by atoms with E-state index in [-0.39, 0.29) is 5.91 Å². The molecule has 1 aromatic heterocycles. The number of carbonyl (C=O) groups is 1. The first-order chi connectivity index (χ1) is 13.2. The van der Waals surface area contributed by atoms with E-state index in [1.165, 1.54) is 11.1 Å². The molecular formula is C22H24N4O. The zero-order valence-corrected chi connectivity index (χ0v) is 15.6. The van der Waals surface area contributed by atoms with Gasteiger partial charge in [-0.05, 0) is 29.7 Å². The molecule has 0 atom stereocenters. The van der Waals surface area contributed by atoms with E-state index in [0.717, 1.165) is 30.8 Å². The Morgan fingerprint density at radius 1 is 1.07 bits per heavy atom. The van der Waals surface area contributed by atoms with Crippen LogP contribution in [0.1, 0.15) is 16.7 Å². The molecule has 0 spiro atoms. The van der Waals surface area contributed by atoms with Crippen molar-refractivity contribution >= 4 is 5.91 Å². The van der Waals surface area contributed by atoms with Gasteiger partial charge in [-0.3, -0.25) is 9.69 Å². The summed E-state index contributed by atoms with van der Waals surface area (Å²) in [7, 11) is 1.86. The third-order valence-corrected chi connectivity index (χ3v) is 5.07. The molecule has 1 aliphatic rings. The Morgan fingerprint density at radius 3 is 2.63 bits per heavy atom. The third-order valence-electron chi connectivity index (χ3n) is 5.07. The van der Waals surface area contributed by atoms with Gasteiger partial charge >= 0.3 is 0 Å². The van der Waals surface area contributed by atoms with Crippen LogP contribution in [-0.2, 0) is 24.3 Å². The van der Waals surface area contributed by atoms with E-state index in [1.807, 2.05) is 54.5 Å². The molecule has 0 saturated carbocycles. The van der Waals surface area contributed by atoms with Gasteiger partial charge in [0.25, 0.3) is 0 Å². The van der Waals surface area contributed by atoms with Crippen molar-refractivity contribution < 1.29 is 4.79 Å². The number of aromatic nitrogens is 2. The van der Waals surface area contributed by atoms with Gasteiger partial charge in [0.1, 0.15) is 0 Å². The molecule has 1 amide bonds. The van der Waals surface area contributed by atoms with Crippen molar-refractivity contribution in [3.8, 4) is 5.69 Å². The lowest BCUT2D eigenvalue weighted by molar-refractivity contribution is -0.131. The molecule has 0 bridgehead atoms. The van der Waals surface area contributed by atoms with E-state index in [2.05, 4.69) is 34.3 Å². The number of amides is 1. The van der Waals surface area contributed by atoms with Crippen LogP contribution in [0.4, 0.5) is 0 Å². The Bertz CT molecular complexity index is 919. The van der Waals surface area contributed by atoms with E-state index in [0.29, 0.717) is 13.1 Å². The zero-order chi connectivity index (χ0) is 18.6. The van der Waals surface area contributed by atoms with Crippen molar-refractivity contribution in [1.29, 1.82) is 0 Å². The van der Waals surface area contributed by atoms with Crippen LogP contribution in [0.3, 0.4) is 0 Å². The number of likely N-dealkylation sites (N-methyl/N-ethyl adjacent to an activating group) is 1. The van der Waals surface area contributed by atoms with Crippen molar-refractivity contribution in [2.45, 2.75) is 19.5 Å². The number of rotatable bonds is 5. The number of benzene rings is 2. The summed E-state index contributed by atoms with van der Waals surface area (Å²) >= 11 is 0. The largest absolute Gasteiger partial charge is 0.340 e. The first kappa shape index (κ1) is 17.5. The number of para-hydroxylation sites is 1. The van der Waals surface area contributed by atoms with Crippen LogP contribution in [-0.4, -0.2) is 45.6 Å². The molecule has 27 heavy (non-hydrogen) atoms. The van der Waals surface area contributed by atoms with E-state index in [4.69, 9.17) is 0 Å². The first-order valence-electron chi connectivity index (χ1n) is 9.31. The van der Waals surface area contributed by atoms with Crippen molar-refractivity contribution in [1.82, 2.24) is 19.6 Å². The fraction of sp³-hybridized carbons (Fsp3) is 0.273. The number of hydrogen-bond acceptors (Lipinski definition) is 3. The number of hydrogen-bond donors (Lipinski definition) is 0. The Hall–Kier alpha value is -2.92. The maximum Gasteiger partial charge on any atom is 0.236 e. The Balaban J connectivity index is 1.34. The van der Waals surface area contributed by atoms with Crippen LogP contribution in [0, 0.1) is 0 Å². The molecule has 0 unspecified atom stereocenters. The fourth-order valence-corrected chi connectivity index (χ4v) is 3.53. The highest BCUT2D eigenvalue weighted by Crippen LogP contribution is 2.18. The lowest BCUT2D eigenvalue weighted by Gasteiger charge is -2.29. The maximum atomic E-state index is 12.7. The molecule has 0 aliphatic carbocycles. The van der Waals surface area contributed by atoms with E-state index in [1.54, 1.807) is 4.90 Å². The number of fused-ring (bicyclic) bond motifs is 1. The smallest absolute Gasteiger partial charge is 0.236 e. The van der Waals surface area contributed by atoms with E-state index >= 15 is 0 Å². The lowest BCUT2D eigenvalue weighted by Crippen LogP contribution is -2.40. The van der Waals surface area contributed by atoms with Gasteiger partial charge < -0.3 is 4.90 Å². The molecule has 3 aromatic rings. The second-order valence-electron chi connectivity index (χ2n) is 7.11. The molecule has 138 valence electrons. The summed E-state index contributed by atoms with van der Waals surface area (Å²) in [5.41, 5.74) is 4.79. The Kier molecular flexibility index (Phi) is 5.03. The maximum absolute atomic E-state index is 12.7. The Labute approximate surface area is 159 Å². The highest BCUT2D eigenvalue weighted by molar-refractivity contribution is 5.78. The minimum Gasteiger partial charge on any atom is -0.340 e. The van der Waals surface area contributed by atoms with E-state index in [9.17, 15) is 4.79 Å². The van der Waals surface area contributed by atoms with Crippen LogP contribution in [0.2, 0.25) is 0 Å². The van der Waals surface area contributed by atoms with Crippen molar-refractivity contribution in [2.75, 3.05) is 20.1 Å². The zero-order valence-electron chi connectivity index (χ0n) is 15.6. The average molecular weight is 360 g/mol. The van der Waals surface area contributed by atoms with Crippen molar-refractivity contribution in [2.24, 2.45) is 0 Å². The van der Waals surface area contributed by atoms with Crippen molar-refractivity contribution in [3.63, 3.8) is 0 Å². The topological polar surface area (TPSA) is 41.4 Å². The van der Waals surface area contributed by atoms with Gasteiger partial charge in [-0.2, -0.15) is 5.10 Å². The quantitative estimate of drug-likeness (QED) is 0.703.